The van der Waals surface area contributed by atoms with Gasteiger partial charge in [0.25, 0.3) is 0 Å². The standard InChI is InChI=1S/C20H20O6/c1-3-24-20(23)18(13-15-9-5-4-6-10-15)26-19(22)16-11-7-8-12-17(16)25-14(2)21/h4-12,18H,3,13H2,1-2H3. The van der Waals surface area contributed by atoms with E-state index in [9.17, 15) is 14.4 Å². The summed E-state index contributed by atoms with van der Waals surface area (Å²) in [6.07, 6.45) is -0.920. The molecule has 0 aliphatic carbocycles. The van der Waals surface area contributed by atoms with E-state index >= 15 is 0 Å². The van der Waals surface area contributed by atoms with Crippen molar-refractivity contribution in [3.8, 4) is 5.75 Å². The largest absolute Gasteiger partial charge is 0.463 e. The molecule has 0 aliphatic heterocycles. The zero-order valence-corrected chi connectivity index (χ0v) is 14.6. The minimum Gasteiger partial charge on any atom is -0.463 e. The first-order valence-electron chi connectivity index (χ1n) is 8.20. The normalized spacial score (nSPS) is 11.3. The lowest BCUT2D eigenvalue weighted by atomic mass is 10.1. The molecule has 1 atom stereocenters. The Balaban J connectivity index is 2.20. The highest BCUT2D eigenvalue weighted by Crippen LogP contribution is 2.21. The average molecular weight is 356 g/mol. The van der Waals surface area contributed by atoms with Gasteiger partial charge >= 0.3 is 17.9 Å². The lowest BCUT2D eigenvalue weighted by Crippen LogP contribution is -2.31. The molecule has 0 bridgehead atoms. The summed E-state index contributed by atoms with van der Waals surface area (Å²) in [5.41, 5.74) is 0.886. The molecule has 2 aromatic rings. The third-order valence-electron chi connectivity index (χ3n) is 3.42. The summed E-state index contributed by atoms with van der Waals surface area (Å²) >= 11 is 0. The lowest BCUT2D eigenvalue weighted by molar-refractivity contribution is -0.153. The fourth-order valence-electron chi connectivity index (χ4n) is 2.31. The summed E-state index contributed by atoms with van der Waals surface area (Å²) in [6, 6.07) is 15.3. The third-order valence-corrected chi connectivity index (χ3v) is 3.42. The van der Waals surface area contributed by atoms with E-state index in [0.717, 1.165) is 5.56 Å². The summed E-state index contributed by atoms with van der Waals surface area (Å²) < 4.78 is 15.4. The van der Waals surface area contributed by atoms with Crippen LogP contribution in [0.25, 0.3) is 0 Å². The molecule has 0 heterocycles. The van der Waals surface area contributed by atoms with Crippen molar-refractivity contribution in [1.82, 2.24) is 0 Å². The number of esters is 3. The van der Waals surface area contributed by atoms with Crippen molar-refractivity contribution in [2.75, 3.05) is 6.61 Å². The van der Waals surface area contributed by atoms with Gasteiger partial charge in [-0.1, -0.05) is 42.5 Å². The van der Waals surface area contributed by atoms with Crippen molar-refractivity contribution in [2.45, 2.75) is 26.4 Å². The summed E-state index contributed by atoms with van der Waals surface area (Å²) in [5, 5.41) is 0. The van der Waals surface area contributed by atoms with Crippen LogP contribution in [0.5, 0.6) is 5.75 Å². The first kappa shape index (κ1) is 19.2. The zero-order chi connectivity index (χ0) is 18.9. The molecule has 0 spiro atoms. The van der Waals surface area contributed by atoms with Gasteiger partial charge in [-0.25, -0.2) is 9.59 Å². The van der Waals surface area contributed by atoms with Crippen LogP contribution in [0.1, 0.15) is 29.8 Å². The monoisotopic (exact) mass is 356 g/mol. The van der Waals surface area contributed by atoms with E-state index in [1.165, 1.54) is 19.1 Å². The summed E-state index contributed by atoms with van der Waals surface area (Å²) in [5.74, 6) is -1.88. The fraction of sp³-hybridized carbons (Fsp3) is 0.250. The average Bonchev–Trinajstić information content (AvgIpc) is 2.62. The topological polar surface area (TPSA) is 78.9 Å². The number of hydrogen-bond acceptors (Lipinski definition) is 6. The minimum absolute atomic E-state index is 0.0602. The lowest BCUT2D eigenvalue weighted by Gasteiger charge is -2.17. The van der Waals surface area contributed by atoms with Gasteiger partial charge in [-0.2, -0.15) is 0 Å². The Morgan fingerprint density at radius 2 is 1.62 bits per heavy atom. The van der Waals surface area contributed by atoms with Gasteiger partial charge in [-0.3, -0.25) is 4.79 Å². The predicted octanol–water partition coefficient (Wildman–Crippen LogP) is 2.94. The number of benzene rings is 2. The molecule has 0 saturated carbocycles. The van der Waals surface area contributed by atoms with Crippen LogP contribution in [0.4, 0.5) is 0 Å². The van der Waals surface area contributed by atoms with Crippen molar-refractivity contribution < 1.29 is 28.6 Å². The van der Waals surface area contributed by atoms with Crippen molar-refractivity contribution in [3.63, 3.8) is 0 Å². The quantitative estimate of drug-likeness (QED) is 0.561. The van der Waals surface area contributed by atoms with E-state index in [-0.39, 0.29) is 24.3 Å². The Hall–Kier alpha value is -3.15. The molecule has 0 amide bonds. The Labute approximate surface area is 151 Å². The van der Waals surface area contributed by atoms with Gasteiger partial charge in [0, 0.05) is 13.3 Å². The molecule has 0 radical (unpaired) electrons. The smallest absolute Gasteiger partial charge is 0.347 e. The summed E-state index contributed by atoms with van der Waals surface area (Å²) in [4.78, 5) is 35.9. The molecule has 0 saturated heterocycles. The van der Waals surface area contributed by atoms with Gasteiger partial charge < -0.3 is 14.2 Å². The number of carbonyl (C=O) groups is 3. The van der Waals surface area contributed by atoms with Gasteiger partial charge in [-0.15, -0.1) is 0 Å². The second-order valence-corrected chi connectivity index (χ2v) is 5.43. The molecule has 0 aliphatic rings. The van der Waals surface area contributed by atoms with E-state index in [2.05, 4.69) is 0 Å². The number of para-hydroxylation sites is 1. The Morgan fingerprint density at radius 1 is 0.962 bits per heavy atom. The molecular weight excluding hydrogens is 336 g/mol. The maximum absolute atomic E-state index is 12.5. The van der Waals surface area contributed by atoms with Gasteiger partial charge in [0.1, 0.15) is 11.3 Å². The molecular formula is C20H20O6. The summed E-state index contributed by atoms with van der Waals surface area (Å²) in [7, 11) is 0. The van der Waals surface area contributed by atoms with Crippen LogP contribution in [-0.4, -0.2) is 30.6 Å². The molecule has 2 rings (SSSR count). The Bertz CT molecular complexity index is 769. The third kappa shape index (κ3) is 5.44. The molecule has 0 N–H and O–H groups in total. The van der Waals surface area contributed by atoms with Crippen LogP contribution < -0.4 is 4.74 Å². The fourth-order valence-corrected chi connectivity index (χ4v) is 2.31. The number of rotatable bonds is 7. The van der Waals surface area contributed by atoms with Gasteiger partial charge in [0.15, 0.2) is 0 Å². The molecule has 2 aromatic carbocycles. The van der Waals surface area contributed by atoms with Gasteiger partial charge in [-0.05, 0) is 24.6 Å². The molecule has 0 fully saturated rings. The second kappa shape index (κ2) is 9.36. The minimum atomic E-state index is -1.10. The SMILES string of the molecule is CCOC(=O)C(Cc1ccccc1)OC(=O)c1ccccc1OC(C)=O. The second-order valence-electron chi connectivity index (χ2n) is 5.43. The highest BCUT2D eigenvalue weighted by molar-refractivity contribution is 5.95. The molecule has 0 aromatic heterocycles. The number of ether oxygens (including phenoxy) is 3. The first-order chi connectivity index (χ1) is 12.5. The Morgan fingerprint density at radius 3 is 2.27 bits per heavy atom. The zero-order valence-electron chi connectivity index (χ0n) is 14.6. The van der Waals surface area contributed by atoms with Crippen LogP contribution in [0, 0.1) is 0 Å². The van der Waals surface area contributed by atoms with E-state index in [4.69, 9.17) is 14.2 Å². The first-order valence-corrected chi connectivity index (χ1v) is 8.20. The molecule has 1 unspecified atom stereocenters. The van der Waals surface area contributed by atoms with E-state index in [0.29, 0.717) is 0 Å². The maximum Gasteiger partial charge on any atom is 0.347 e. The highest BCUT2D eigenvalue weighted by Gasteiger charge is 2.27. The van der Waals surface area contributed by atoms with Crippen molar-refractivity contribution in [1.29, 1.82) is 0 Å². The van der Waals surface area contributed by atoms with E-state index in [1.54, 1.807) is 19.1 Å². The van der Waals surface area contributed by atoms with E-state index < -0.39 is 24.0 Å². The van der Waals surface area contributed by atoms with Crippen LogP contribution >= 0.6 is 0 Å². The van der Waals surface area contributed by atoms with Crippen LogP contribution in [0.15, 0.2) is 54.6 Å². The predicted molar refractivity (Wildman–Crippen MR) is 93.7 cm³/mol. The molecule has 26 heavy (non-hydrogen) atoms. The van der Waals surface area contributed by atoms with Crippen molar-refractivity contribution in [3.05, 3.63) is 65.7 Å². The van der Waals surface area contributed by atoms with Gasteiger partial charge in [0.05, 0.1) is 6.61 Å². The number of hydrogen-bond donors (Lipinski definition) is 0. The van der Waals surface area contributed by atoms with E-state index in [1.807, 2.05) is 30.3 Å². The van der Waals surface area contributed by atoms with Crippen LogP contribution in [0.2, 0.25) is 0 Å². The maximum atomic E-state index is 12.5. The molecule has 6 heteroatoms. The number of carbonyl (C=O) groups excluding carboxylic acids is 3. The highest BCUT2D eigenvalue weighted by atomic mass is 16.6. The van der Waals surface area contributed by atoms with Crippen molar-refractivity contribution >= 4 is 17.9 Å². The Kier molecular flexibility index (Phi) is 6.91. The van der Waals surface area contributed by atoms with Crippen LogP contribution in [-0.2, 0) is 25.5 Å². The van der Waals surface area contributed by atoms with Gasteiger partial charge in [0.2, 0.25) is 6.10 Å². The molecule has 6 nitrogen and oxygen atoms in total. The summed E-state index contributed by atoms with van der Waals surface area (Å²) in [6.45, 7) is 3.08. The van der Waals surface area contributed by atoms with Crippen LogP contribution in [0.3, 0.4) is 0 Å². The van der Waals surface area contributed by atoms with Crippen molar-refractivity contribution in [2.24, 2.45) is 0 Å². The molecule has 136 valence electrons.